The molecule has 0 saturated carbocycles. The van der Waals surface area contributed by atoms with Crippen LogP contribution in [0.25, 0.3) is 5.69 Å². The Bertz CT molecular complexity index is 675. The number of para-hydroxylation sites is 1. The van der Waals surface area contributed by atoms with Crippen LogP contribution in [0.2, 0.25) is 0 Å². The lowest BCUT2D eigenvalue weighted by molar-refractivity contribution is 0.211. The SMILES string of the molecule is Cc1csc(C(O)c2ccnn2-c2ccccc2)n1. The van der Waals surface area contributed by atoms with E-state index in [4.69, 9.17) is 0 Å². The molecule has 1 aromatic carbocycles. The summed E-state index contributed by atoms with van der Waals surface area (Å²) in [5.41, 5.74) is 2.57. The first-order valence-corrected chi connectivity index (χ1v) is 6.83. The van der Waals surface area contributed by atoms with Gasteiger partial charge in [-0.1, -0.05) is 18.2 Å². The topological polar surface area (TPSA) is 50.9 Å². The lowest BCUT2D eigenvalue weighted by atomic mass is 10.2. The summed E-state index contributed by atoms with van der Waals surface area (Å²) in [5, 5.41) is 17.3. The van der Waals surface area contributed by atoms with Crippen LogP contribution in [0.1, 0.15) is 22.5 Å². The van der Waals surface area contributed by atoms with E-state index >= 15 is 0 Å². The van der Waals surface area contributed by atoms with E-state index in [0.29, 0.717) is 5.01 Å². The third-order valence-electron chi connectivity index (χ3n) is 2.82. The molecule has 19 heavy (non-hydrogen) atoms. The normalized spacial score (nSPS) is 12.5. The van der Waals surface area contributed by atoms with Crippen LogP contribution in [0, 0.1) is 6.92 Å². The summed E-state index contributed by atoms with van der Waals surface area (Å²) in [4.78, 5) is 4.33. The Hall–Kier alpha value is -1.98. The number of hydrogen-bond donors (Lipinski definition) is 1. The van der Waals surface area contributed by atoms with Gasteiger partial charge in [0.2, 0.25) is 0 Å². The molecule has 0 saturated heterocycles. The van der Waals surface area contributed by atoms with Gasteiger partial charge in [-0.25, -0.2) is 9.67 Å². The van der Waals surface area contributed by atoms with E-state index in [0.717, 1.165) is 17.1 Å². The summed E-state index contributed by atoms with van der Waals surface area (Å²) < 4.78 is 1.74. The fourth-order valence-electron chi connectivity index (χ4n) is 1.93. The Morgan fingerprint density at radius 1 is 1.21 bits per heavy atom. The van der Waals surface area contributed by atoms with Crippen molar-refractivity contribution in [2.45, 2.75) is 13.0 Å². The van der Waals surface area contributed by atoms with Gasteiger partial charge in [0.15, 0.2) is 0 Å². The van der Waals surface area contributed by atoms with E-state index < -0.39 is 6.10 Å². The Kier molecular flexibility index (Phi) is 3.15. The molecular weight excluding hydrogens is 258 g/mol. The highest BCUT2D eigenvalue weighted by molar-refractivity contribution is 7.09. The molecule has 3 rings (SSSR count). The maximum atomic E-state index is 10.4. The molecule has 1 N–H and O–H groups in total. The smallest absolute Gasteiger partial charge is 0.147 e. The van der Waals surface area contributed by atoms with Crippen LogP contribution in [0.5, 0.6) is 0 Å². The van der Waals surface area contributed by atoms with Crippen LogP contribution >= 0.6 is 11.3 Å². The number of benzene rings is 1. The van der Waals surface area contributed by atoms with Crippen molar-refractivity contribution in [3.05, 3.63) is 64.4 Å². The Balaban J connectivity index is 2.01. The Morgan fingerprint density at radius 2 is 2.00 bits per heavy atom. The number of aliphatic hydroxyl groups is 1. The van der Waals surface area contributed by atoms with Crippen molar-refractivity contribution in [2.75, 3.05) is 0 Å². The minimum atomic E-state index is -0.749. The van der Waals surface area contributed by atoms with E-state index in [1.165, 1.54) is 11.3 Å². The van der Waals surface area contributed by atoms with Gasteiger partial charge in [-0.2, -0.15) is 5.10 Å². The number of aromatic nitrogens is 3. The van der Waals surface area contributed by atoms with Gasteiger partial charge in [-0.3, -0.25) is 0 Å². The summed E-state index contributed by atoms with van der Waals surface area (Å²) >= 11 is 1.46. The first-order valence-electron chi connectivity index (χ1n) is 5.95. The van der Waals surface area contributed by atoms with Gasteiger partial charge in [0.1, 0.15) is 11.1 Å². The number of hydrogen-bond acceptors (Lipinski definition) is 4. The van der Waals surface area contributed by atoms with Gasteiger partial charge in [-0.15, -0.1) is 11.3 Å². The maximum absolute atomic E-state index is 10.4. The largest absolute Gasteiger partial charge is 0.380 e. The zero-order valence-corrected chi connectivity index (χ0v) is 11.2. The van der Waals surface area contributed by atoms with Gasteiger partial charge in [-0.05, 0) is 25.1 Å². The van der Waals surface area contributed by atoms with Gasteiger partial charge >= 0.3 is 0 Å². The fraction of sp³-hybridized carbons (Fsp3) is 0.143. The fourth-order valence-corrected chi connectivity index (χ4v) is 2.72. The summed E-state index contributed by atoms with van der Waals surface area (Å²) in [5.74, 6) is 0. The van der Waals surface area contributed by atoms with E-state index in [-0.39, 0.29) is 0 Å². The summed E-state index contributed by atoms with van der Waals surface area (Å²) in [6.45, 7) is 1.92. The van der Waals surface area contributed by atoms with Crippen molar-refractivity contribution in [2.24, 2.45) is 0 Å². The molecule has 96 valence electrons. The number of thiazole rings is 1. The van der Waals surface area contributed by atoms with Gasteiger partial charge in [0.05, 0.1) is 11.4 Å². The molecule has 0 bridgehead atoms. The van der Waals surface area contributed by atoms with Crippen LogP contribution in [-0.2, 0) is 0 Å². The molecule has 2 heterocycles. The van der Waals surface area contributed by atoms with Crippen LogP contribution < -0.4 is 0 Å². The lowest BCUT2D eigenvalue weighted by Gasteiger charge is -2.11. The molecule has 0 radical (unpaired) electrons. The standard InChI is InChI=1S/C14H13N3OS/c1-10-9-19-14(16-10)13(18)12-7-8-15-17(12)11-5-3-2-4-6-11/h2-9,13,18H,1H3. The van der Waals surface area contributed by atoms with Crippen LogP contribution in [-0.4, -0.2) is 19.9 Å². The first kappa shape index (κ1) is 12.1. The van der Waals surface area contributed by atoms with Crippen molar-refractivity contribution in [3.8, 4) is 5.69 Å². The summed E-state index contributed by atoms with van der Waals surface area (Å²) in [6, 6.07) is 11.6. The van der Waals surface area contributed by atoms with Crippen LogP contribution in [0.3, 0.4) is 0 Å². The average Bonchev–Trinajstić information content (AvgIpc) is 3.07. The van der Waals surface area contributed by atoms with Crippen molar-refractivity contribution in [1.29, 1.82) is 0 Å². The van der Waals surface area contributed by atoms with E-state index in [1.807, 2.05) is 48.7 Å². The van der Waals surface area contributed by atoms with Gasteiger partial charge in [0, 0.05) is 17.3 Å². The van der Waals surface area contributed by atoms with Crippen LogP contribution in [0.15, 0.2) is 48.0 Å². The highest BCUT2D eigenvalue weighted by Gasteiger charge is 2.19. The molecule has 0 aliphatic rings. The predicted molar refractivity (Wildman–Crippen MR) is 74.5 cm³/mol. The third-order valence-corrected chi connectivity index (χ3v) is 3.84. The Labute approximate surface area is 115 Å². The number of rotatable bonds is 3. The monoisotopic (exact) mass is 271 g/mol. The first-order chi connectivity index (χ1) is 9.25. The molecule has 3 aromatic rings. The highest BCUT2D eigenvalue weighted by Crippen LogP contribution is 2.26. The van der Waals surface area contributed by atoms with E-state index in [9.17, 15) is 5.11 Å². The summed E-state index contributed by atoms with van der Waals surface area (Å²) in [7, 11) is 0. The lowest BCUT2D eigenvalue weighted by Crippen LogP contribution is -2.08. The van der Waals surface area contributed by atoms with Crippen molar-refractivity contribution >= 4 is 11.3 Å². The molecule has 0 fully saturated rings. The molecule has 5 heteroatoms. The molecule has 4 nitrogen and oxygen atoms in total. The molecule has 0 spiro atoms. The molecular formula is C14H13N3OS. The van der Waals surface area contributed by atoms with Crippen molar-refractivity contribution < 1.29 is 5.11 Å². The van der Waals surface area contributed by atoms with E-state index in [1.54, 1.807) is 10.9 Å². The zero-order valence-electron chi connectivity index (χ0n) is 10.4. The van der Waals surface area contributed by atoms with Crippen LogP contribution in [0.4, 0.5) is 0 Å². The molecule has 1 unspecified atom stereocenters. The predicted octanol–water partition coefficient (Wildman–Crippen LogP) is 2.72. The second-order valence-corrected chi connectivity index (χ2v) is 5.12. The molecule has 0 aliphatic heterocycles. The molecule has 0 aliphatic carbocycles. The van der Waals surface area contributed by atoms with Crippen molar-refractivity contribution in [3.63, 3.8) is 0 Å². The Morgan fingerprint density at radius 3 is 2.68 bits per heavy atom. The molecule has 2 aromatic heterocycles. The van der Waals surface area contributed by atoms with E-state index in [2.05, 4.69) is 10.1 Å². The number of nitrogens with zero attached hydrogens (tertiary/aromatic N) is 3. The number of aryl methyl sites for hydroxylation is 1. The van der Waals surface area contributed by atoms with Gasteiger partial charge < -0.3 is 5.11 Å². The average molecular weight is 271 g/mol. The maximum Gasteiger partial charge on any atom is 0.147 e. The molecule has 1 atom stereocenters. The third kappa shape index (κ3) is 2.30. The second-order valence-electron chi connectivity index (χ2n) is 4.23. The quantitative estimate of drug-likeness (QED) is 0.797. The second kappa shape index (κ2) is 4.95. The van der Waals surface area contributed by atoms with Gasteiger partial charge in [0.25, 0.3) is 0 Å². The zero-order chi connectivity index (χ0) is 13.2. The molecule has 0 amide bonds. The van der Waals surface area contributed by atoms with Crippen molar-refractivity contribution in [1.82, 2.24) is 14.8 Å². The minimum absolute atomic E-state index is 0.690. The highest BCUT2D eigenvalue weighted by atomic mass is 32.1. The minimum Gasteiger partial charge on any atom is -0.380 e. The number of aliphatic hydroxyl groups excluding tert-OH is 1. The summed E-state index contributed by atoms with van der Waals surface area (Å²) in [6.07, 6.45) is 0.938.